The molecule has 1 aliphatic carbocycles. The zero-order valence-electron chi connectivity index (χ0n) is 13.5. The van der Waals surface area contributed by atoms with E-state index in [2.05, 4.69) is 15.6 Å². The first-order valence-corrected chi connectivity index (χ1v) is 8.32. The molecular formula is C18H20ClN3O2. The van der Waals surface area contributed by atoms with Crippen molar-refractivity contribution >= 4 is 23.2 Å². The molecule has 1 saturated carbocycles. The van der Waals surface area contributed by atoms with E-state index >= 15 is 0 Å². The molecule has 2 N–H and O–H groups in total. The molecule has 1 atom stereocenters. The number of nitrogens with zero attached hydrogens (tertiary/aromatic N) is 1. The Morgan fingerprint density at radius 3 is 2.88 bits per heavy atom. The van der Waals surface area contributed by atoms with E-state index in [-0.39, 0.29) is 18.5 Å². The van der Waals surface area contributed by atoms with Crippen molar-refractivity contribution in [3.05, 3.63) is 53.3 Å². The molecule has 24 heavy (non-hydrogen) atoms. The Morgan fingerprint density at radius 2 is 2.25 bits per heavy atom. The van der Waals surface area contributed by atoms with Gasteiger partial charge in [-0.25, -0.2) is 0 Å². The van der Waals surface area contributed by atoms with Crippen LogP contribution in [0.4, 0.5) is 5.69 Å². The first-order valence-electron chi connectivity index (χ1n) is 7.94. The van der Waals surface area contributed by atoms with Gasteiger partial charge in [0.15, 0.2) is 0 Å². The second-order valence-corrected chi connectivity index (χ2v) is 6.29. The molecule has 126 valence electrons. The van der Waals surface area contributed by atoms with Gasteiger partial charge in [0.25, 0.3) is 0 Å². The van der Waals surface area contributed by atoms with E-state index < -0.39 is 0 Å². The number of nitrogens with one attached hydrogen (secondary N) is 2. The maximum absolute atomic E-state index is 12.2. The van der Waals surface area contributed by atoms with Gasteiger partial charge in [0.05, 0.1) is 18.7 Å². The van der Waals surface area contributed by atoms with Crippen LogP contribution in [0.25, 0.3) is 0 Å². The van der Waals surface area contributed by atoms with Gasteiger partial charge in [-0.1, -0.05) is 17.7 Å². The molecule has 0 aliphatic heterocycles. The van der Waals surface area contributed by atoms with Crippen LogP contribution in [0.15, 0.2) is 42.7 Å². The highest BCUT2D eigenvalue weighted by molar-refractivity contribution is 6.32. The van der Waals surface area contributed by atoms with E-state index in [9.17, 15) is 4.79 Å². The zero-order chi connectivity index (χ0) is 16.9. The summed E-state index contributed by atoms with van der Waals surface area (Å²) >= 11 is 6.07. The molecule has 2 aromatic rings. The molecule has 0 spiro atoms. The number of amides is 1. The van der Waals surface area contributed by atoms with Gasteiger partial charge in [0.1, 0.15) is 5.75 Å². The number of ether oxygens (including phenoxy) is 1. The summed E-state index contributed by atoms with van der Waals surface area (Å²) < 4.78 is 5.10. The zero-order valence-corrected chi connectivity index (χ0v) is 14.2. The minimum absolute atomic E-state index is 0.106. The third-order valence-electron chi connectivity index (χ3n) is 4.06. The number of hydrogen-bond acceptors (Lipinski definition) is 4. The molecule has 1 unspecified atom stereocenters. The first-order chi connectivity index (χ1) is 11.7. The fourth-order valence-electron chi connectivity index (χ4n) is 2.70. The van der Waals surface area contributed by atoms with Gasteiger partial charge in [-0.05, 0) is 48.6 Å². The van der Waals surface area contributed by atoms with Gasteiger partial charge in [-0.3, -0.25) is 9.78 Å². The molecule has 1 aromatic heterocycles. The molecule has 1 heterocycles. The molecule has 0 radical (unpaired) electrons. The highest BCUT2D eigenvalue weighted by Crippen LogP contribution is 2.40. The maximum atomic E-state index is 12.2. The standard InChI is InChI=1S/C18H20ClN3O2/c1-24-16-7-6-14(9-15(16)19)22-17(23)11-21-18(12-4-5-12)13-3-2-8-20-10-13/h2-3,6-10,12,18,21H,4-5,11H2,1H3,(H,22,23). The fourth-order valence-corrected chi connectivity index (χ4v) is 2.96. The van der Waals surface area contributed by atoms with Crippen molar-refractivity contribution in [3.63, 3.8) is 0 Å². The molecule has 0 bridgehead atoms. The lowest BCUT2D eigenvalue weighted by Crippen LogP contribution is -2.32. The second-order valence-electron chi connectivity index (χ2n) is 5.88. The third-order valence-corrected chi connectivity index (χ3v) is 4.35. The number of carbonyl (C=O) groups excluding carboxylic acids is 1. The van der Waals surface area contributed by atoms with E-state index in [1.54, 1.807) is 31.5 Å². The number of carbonyl (C=O) groups is 1. The van der Waals surface area contributed by atoms with Gasteiger partial charge in [0.2, 0.25) is 5.91 Å². The summed E-state index contributed by atoms with van der Waals surface area (Å²) in [4.78, 5) is 16.4. The van der Waals surface area contributed by atoms with Crippen LogP contribution in [-0.2, 0) is 4.79 Å². The van der Waals surface area contributed by atoms with Gasteiger partial charge in [0, 0.05) is 24.1 Å². The normalized spacial score (nSPS) is 14.9. The molecular weight excluding hydrogens is 326 g/mol. The monoisotopic (exact) mass is 345 g/mol. The van der Waals surface area contributed by atoms with Crippen LogP contribution in [0.5, 0.6) is 5.75 Å². The summed E-state index contributed by atoms with van der Waals surface area (Å²) in [6, 6.07) is 9.31. The lowest BCUT2D eigenvalue weighted by atomic mass is 10.0. The Morgan fingerprint density at radius 1 is 1.42 bits per heavy atom. The maximum Gasteiger partial charge on any atom is 0.238 e. The van der Waals surface area contributed by atoms with Crippen LogP contribution in [0.2, 0.25) is 5.02 Å². The molecule has 5 nitrogen and oxygen atoms in total. The van der Waals surface area contributed by atoms with Crippen LogP contribution in [0.1, 0.15) is 24.4 Å². The number of anilines is 1. The highest BCUT2D eigenvalue weighted by atomic mass is 35.5. The average Bonchev–Trinajstić information content (AvgIpc) is 3.41. The molecule has 3 rings (SSSR count). The number of rotatable bonds is 7. The molecule has 6 heteroatoms. The summed E-state index contributed by atoms with van der Waals surface area (Å²) in [6.45, 7) is 0.236. The fraction of sp³-hybridized carbons (Fsp3) is 0.333. The Labute approximate surface area is 146 Å². The molecule has 1 aliphatic rings. The number of pyridine rings is 1. The smallest absolute Gasteiger partial charge is 0.238 e. The van der Waals surface area contributed by atoms with Crippen molar-refractivity contribution in [3.8, 4) is 5.75 Å². The van der Waals surface area contributed by atoms with Gasteiger partial charge < -0.3 is 15.4 Å². The Balaban J connectivity index is 1.57. The quantitative estimate of drug-likeness (QED) is 0.807. The number of methoxy groups -OCH3 is 1. The van der Waals surface area contributed by atoms with Crippen LogP contribution in [-0.4, -0.2) is 24.5 Å². The summed E-state index contributed by atoms with van der Waals surface area (Å²) in [6.07, 6.45) is 5.98. The number of benzene rings is 1. The topological polar surface area (TPSA) is 63.2 Å². The van der Waals surface area contributed by atoms with Crippen molar-refractivity contribution in [1.29, 1.82) is 0 Å². The Kier molecular flexibility index (Phi) is 5.33. The summed E-state index contributed by atoms with van der Waals surface area (Å²) in [7, 11) is 1.56. The van der Waals surface area contributed by atoms with Crippen LogP contribution in [0, 0.1) is 5.92 Å². The third kappa shape index (κ3) is 4.24. The van der Waals surface area contributed by atoms with Gasteiger partial charge in [-0.15, -0.1) is 0 Å². The molecule has 1 fully saturated rings. The molecule has 1 amide bonds. The summed E-state index contributed by atoms with van der Waals surface area (Å²) in [5.41, 5.74) is 1.78. The van der Waals surface area contributed by atoms with Crippen molar-refractivity contribution in [2.75, 3.05) is 19.0 Å². The van der Waals surface area contributed by atoms with E-state index in [1.165, 1.54) is 12.8 Å². The van der Waals surface area contributed by atoms with Crippen molar-refractivity contribution in [2.45, 2.75) is 18.9 Å². The largest absolute Gasteiger partial charge is 0.495 e. The number of aromatic nitrogens is 1. The molecule has 0 saturated heterocycles. The van der Waals surface area contributed by atoms with Gasteiger partial charge in [-0.2, -0.15) is 0 Å². The first kappa shape index (κ1) is 16.7. The van der Waals surface area contributed by atoms with E-state index in [0.29, 0.717) is 22.4 Å². The van der Waals surface area contributed by atoms with Crippen molar-refractivity contribution in [2.24, 2.45) is 5.92 Å². The highest BCUT2D eigenvalue weighted by Gasteiger charge is 2.32. The van der Waals surface area contributed by atoms with E-state index in [1.807, 2.05) is 18.3 Å². The average molecular weight is 346 g/mol. The Bertz CT molecular complexity index is 705. The second kappa shape index (κ2) is 7.64. The van der Waals surface area contributed by atoms with Gasteiger partial charge >= 0.3 is 0 Å². The minimum Gasteiger partial charge on any atom is -0.495 e. The lowest BCUT2D eigenvalue weighted by molar-refractivity contribution is -0.115. The van der Waals surface area contributed by atoms with Crippen LogP contribution >= 0.6 is 11.6 Å². The van der Waals surface area contributed by atoms with Crippen molar-refractivity contribution < 1.29 is 9.53 Å². The van der Waals surface area contributed by atoms with Crippen molar-refractivity contribution in [1.82, 2.24) is 10.3 Å². The summed E-state index contributed by atoms with van der Waals surface area (Å²) in [5.74, 6) is 1.06. The Hall–Kier alpha value is -2.11. The predicted molar refractivity (Wildman–Crippen MR) is 94.3 cm³/mol. The molecule has 1 aromatic carbocycles. The summed E-state index contributed by atoms with van der Waals surface area (Å²) in [5, 5.41) is 6.66. The van der Waals surface area contributed by atoms with E-state index in [4.69, 9.17) is 16.3 Å². The van der Waals surface area contributed by atoms with Crippen LogP contribution in [0.3, 0.4) is 0 Å². The van der Waals surface area contributed by atoms with E-state index in [0.717, 1.165) is 5.56 Å². The minimum atomic E-state index is -0.106. The van der Waals surface area contributed by atoms with Crippen LogP contribution < -0.4 is 15.4 Å². The number of halogens is 1. The SMILES string of the molecule is COc1ccc(NC(=O)CNC(c2cccnc2)C2CC2)cc1Cl. The lowest BCUT2D eigenvalue weighted by Gasteiger charge is -2.18. The predicted octanol–water partition coefficient (Wildman–Crippen LogP) is 3.42. The number of hydrogen-bond donors (Lipinski definition) is 2.